The Bertz CT molecular complexity index is 484. The molecule has 0 aliphatic rings. The summed E-state index contributed by atoms with van der Waals surface area (Å²) in [7, 11) is 0. The molecule has 0 fully saturated rings. The van der Waals surface area contributed by atoms with Gasteiger partial charge in [-0.2, -0.15) is 0 Å². The summed E-state index contributed by atoms with van der Waals surface area (Å²) < 4.78 is 5.63. The molecule has 1 rings (SSSR count). The minimum atomic E-state index is -0.604. The predicted octanol–water partition coefficient (Wildman–Crippen LogP) is 2.10. The first-order valence-electron chi connectivity index (χ1n) is 6.23. The molecule has 0 saturated carbocycles. The molecule has 0 aromatic heterocycles. The van der Waals surface area contributed by atoms with Crippen LogP contribution in [0.1, 0.15) is 31.9 Å². The number of amides is 1. The lowest BCUT2D eigenvalue weighted by atomic mass is 10.1. The molecular formula is C14H20N2O3. The number of ether oxygens (including phenoxy) is 1. The van der Waals surface area contributed by atoms with Crippen LogP contribution in [0.4, 0.5) is 0 Å². The number of likely N-dealkylation sites (N-methyl/N-ethyl adjacent to an activating group) is 1. The molecule has 5 heteroatoms. The Hall–Kier alpha value is -2.04. The summed E-state index contributed by atoms with van der Waals surface area (Å²) in [5.74, 6) is 0.354. The summed E-state index contributed by atoms with van der Waals surface area (Å²) in [6.07, 6.45) is -0.604. The minimum Gasteiger partial charge on any atom is -0.480 e. The fourth-order valence-corrected chi connectivity index (χ4v) is 1.65. The summed E-state index contributed by atoms with van der Waals surface area (Å²) in [5, 5.41) is 14.8. The molecular weight excluding hydrogens is 244 g/mol. The van der Waals surface area contributed by atoms with Gasteiger partial charge in [0.1, 0.15) is 5.75 Å². The third-order valence-electron chi connectivity index (χ3n) is 2.70. The third kappa shape index (κ3) is 3.98. The topological polar surface area (TPSA) is 70.9 Å². The largest absolute Gasteiger partial charge is 0.480 e. The van der Waals surface area contributed by atoms with Crippen molar-refractivity contribution in [3.8, 4) is 5.75 Å². The van der Waals surface area contributed by atoms with E-state index in [2.05, 4.69) is 10.5 Å². The van der Waals surface area contributed by atoms with Crippen molar-refractivity contribution in [3.63, 3.8) is 0 Å². The second-order valence-corrected chi connectivity index (χ2v) is 4.34. The van der Waals surface area contributed by atoms with Crippen molar-refractivity contribution in [2.45, 2.75) is 33.8 Å². The highest BCUT2D eigenvalue weighted by molar-refractivity contribution is 6.01. The van der Waals surface area contributed by atoms with Crippen molar-refractivity contribution in [3.05, 3.63) is 29.3 Å². The molecule has 1 aromatic rings. The lowest BCUT2D eigenvalue weighted by Gasteiger charge is -2.17. The zero-order valence-electron chi connectivity index (χ0n) is 11.7. The molecule has 19 heavy (non-hydrogen) atoms. The first-order chi connectivity index (χ1) is 8.99. The maximum atomic E-state index is 11.6. The van der Waals surface area contributed by atoms with Gasteiger partial charge in [0.25, 0.3) is 5.91 Å². The van der Waals surface area contributed by atoms with E-state index < -0.39 is 6.10 Å². The lowest BCUT2D eigenvalue weighted by molar-refractivity contribution is -0.127. The maximum Gasteiger partial charge on any atom is 0.260 e. The summed E-state index contributed by atoms with van der Waals surface area (Å²) >= 11 is 0. The summed E-state index contributed by atoms with van der Waals surface area (Å²) in [6.45, 7) is 7.71. The molecule has 0 aliphatic carbocycles. The average molecular weight is 264 g/mol. The monoisotopic (exact) mass is 264 g/mol. The Labute approximate surface area is 113 Å². The summed E-state index contributed by atoms with van der Waals surface area (Å²) in [5.41, 5.74) is 2.15. The van der Waals surface area contributed by atoms with Crippen LogP contribution in [0.15, 0.2) is 23.4 Å². The van der Waals surface area contributed by atoms with E-state index in [9.17, 15) is 4.79 Å². The fraction of sp³-hybridized carbons (Fsp3) is 0.429. The van der Waals surface area contributed by atoms with Crippen molar-refractivity contribution >= 4 is 11.6 Å². The van der Waals surface area contributed by atoms with Gasteiger partial charge in [-0.25, -0.2) is 0 Å². The van der Waals surface area contributed by atoms with E-state index in [0.717, 1.165) is 5.56 Å². The van der Waals surface area contributed by atoms with E-state index in [0.29, 0.717) is 23.6 Å². The van der Waals surface area contributed by atoms with Gasteiger partial charge >= 0.3 is 0 Å². The summed E-state index contributed by atoms with van der Waals surface area (Å²) in [6, 6.07) is 5.51. The van der Waals surface area contributed by atoms with Gasteiger partial charge in [0.2, 0.25) is 0 Å². The second-order valence-electron chi connectivity index (χ2n) is 4.34. The van der Waals surface area contributed by atoms with Gasteiger partial charge in [0.05, 0.1) is 5.71 Å². The maximum absolute atomic E-state index is 11.6. The first-order valence-corrected chi connectivity index (χ1v) is 6.23. The SMILES string of the molecule is CCNC(=O)C(C)Oc1ccc(C)cc1/C(C)=N/O. The molecule has 0 spiro atoms. The van der Waals surface area contributed by atoms with Crippen molar-refractivity contribution < 1.29 is 14.7 Å². The molecule has 1 unspecified atom stereocenters. The summed E-state index contributed by atoms with van der Waals surface area (Å²) in [4.78, 5) is 11.6. The highest BCUT2D eigenvalue weighted by atomic mass is 16.5. The quantitative estimate of drug-likeness (QED) is 0.486. The Kier molecular flexibility index (Phi) is 5.36. The van der Waals surface area contributed by atoms with E-state index in [1.54, 1.807) is 19.9 Å². The van der Waals surface area contributed by atoms with Gasteiger partial charge in [0.15, 0.2) is 6.10 Å². The van der Waals surface area contributed by atoms with Crippen LogP contribution in [0, 0.1) is 6.92 Å². The number of benzene rings is 1. The van der Waals surface area contributed by atoms with Crippen LogP contribution in [-0.4, -0.2) is 29.5 Å². The molecule has 0 bridgehead atoms. The number of rotatable bonds is 5. The van der Waals surface area contributed by atoms with E-state index in [4.69, 9.17) is 9.94 Å². The number of aryl methyl sites for hydroxylation is 1. The molecule has 0 saturated heterocycles. The predicted molar refractivity (Wildman–Crippen MR) is 74.0 cm³/mol. The van der Waals surface area contributed by atoms with Crippen molar-refractivity contribution in [1.29, 1.82) is 0 Å². The zero-order valence-corrected chi connectivity index (χ0v) is 11.7. The second kappa shape index (κ2) is 6.78. The number of oxime groups is 1. The van der Waals surface area contributed by atoms with Gasteiger partial charge in [-0.15, -0.1) is 0 Å². The van der Waals surface area contributed by atoms with Crippen LogP contribution in [0.25, 0.3) is 0 Å². The number of hydrogen-bond acceptors (Lipinski definition) is 4. The van der Waals surface area contributed by atoms with Crippen molar-refractivity contribution in [2.75, 3.05) is 6.54 Å². The number of nitrogens with zero attached hydrogens (tertiary/aromatic N) is 1. The molecule has 0 heterocycles. The molecule has 5 nitrogen and oxygen atoms in total. The van der Waals surface area contributed by atoms with E-state index in [1.165, 1.54) is 0 Å². The van der Waals surface area contributed by atoms with Gasteiger partial charge in [-0.1, -0.05) is 16.8 Å². The highest BCUT2D eigenvalue weighted by Crippen LogP contribution is 2.22. The Morgan fingerprint density at radius 2 is 2.21 bits per heavy atom. The molecule has 1 atom stereocenters. The molecule has 1 aromatic carbocycles. The van der Waals surface area contributed by atoms with Crippen LogP contribution in [0.3, 0.4) is 0 Å². The number of hydrogen-bond donors (Lipinski definition) is 2. The smallest absolute Gasteiger partial charge is 0.260 e. The van der Waals surface area contributed by atoms with Gasteiger partial charge < -0.3 is 15.3 Å². The van der Waals surface area contributed by atoms with Gasteiger partial charge in [-0.3, -0.25) is 4.79 Å². The zero-order chi connectivity index (χ0) is 14.4. The normalized spacial score (nSPS) is 12.9. The molecule has 104 valence electrons. The van der Waals surface area contributed by atoms with Crippen LogP contribution in [0.2, 0.25) is 0 Å². The molecule has 0 radical (unpaired) electrons. The Morgan fingerprint density at radius 3 is 2.79 bits per heavy atom. The van der Waals surface area contributed by atoms with E-state index >= 15 is 0 Å². The molecule has 2 N–H and O–H groups in total. The number of nitrogens with one attached hydrogen (secondary N) is 1. The van der Waals surface area contributed by atoms with Crippen LogP contribution in [-0.2, 0) is 4.79 Å². The van der Waals surface area contributed by atoms with Crippen molar-refractivity contribution in [2.24, 2.45) is 5.16 Å². The fourth-order valence-electron chi connectivity index (χ4n) is 1.65. The molecule has 0 aliphatic heterocycles. The van der Waals surface area contributed by atoms with Crippen LogP contribution >= 0.6 is 0 Å². The van der Waals surface area contributed by atoms with Crippen molar-refractivity contribution in [1.82, 2.24) is 5.32 Å². The third-order valence-corrected chi connectivity index (χ3v) is 2.70. The highest BCUT2D eigenvalue weighted by Gasteiger charge is 2.16. The Balaban J connectivity index is 2.98. The lowest BCUT2D eigenvalue weighted by Crippen LogP contribution is -2.36. The van der Waals surface area contributed by atoms with Crippen LogP contribution < -0.4 is 10.1 Å². The Morgan fingerprint density at radius 1 is 1.53 bits per heavy atom. The van der Waals surface area contributed by atoms with E-state index in [1.807, 2.05) is 26.0 Å². The van der Waals surface area contributed by atoms with E-state index in [-0.39, 0.29) is 5.91 Å². The minimum absolute atomic E-state index is 0.174. The molecule has 1 amide bonds. The number of carbonyl (C=O) groups excluding carboxylic acids is 1. The van der Waals surface area contributed by atoms with Crippen LogP contribution in [0.5, 0.6) is 5.75 Å². The first kappa shape index (κ1) is 15.0. The van der Waals surface area contributed by atoms with Gasteiger partial charge in [0, 0.05) is 12.1 Å². The average Bonchev–Trinajstić information content (AvgIpc) is 2.40. The number of carbonyl (C=O) groups is 1. The standard InChI is InChI=1S/C14H20N2O3/c1-5-15-14(17)11(4)19-13-7-6-9(2)8-12(13)10(3)16-18/h6-8,11,18H,5H2,1-4H3,(H,15,17)/b16-10+. The van der Waals surface area contributed by atoms with Gasteiger partial charge in [-0.05, 0) is 39.8 Å².